The predicted molar refractivity (Wildman–Crippen MR) is 94.5 cm³/mol. The fraction of sp³-hybridized carbons (Fsp3) is 0.533. The van der Waals surface area contributed by atoms with Crippen LogP contribution in [0.3, 0.4) is 0 Å². The lowest BCUT2D eigenvalue weighted by molar-refractivity contribution is 0.0605. The number of hydrogen-bond donors (Lipinski definition) is 0. The van der Waals surface area contributed by atoms with Gasteiger partial charge in [-0.1, -0.05) is 0 Å². The minimum atomic E-state index is -0.391. The van der Waals surface area contributed by atoms with E-state index >= 15 is 0 Å². The molecule has 2 aromatic heterocycles. The second kappa shape index (κ2) is 8.57. The Morgan fingerprint density at radius 2 is 1.79 bits per heavy atom. The number of hydrogen-bond acceptors (Lipinski definition) is 8. The van der Waals surface area contributed by atoms with Crippen molar-refractivity contribution in [3.05, 3.63) is 15.7 Å². The van der Waals surface area contributed by atoms with Crippen LogP contribution < -0.4 is 4.90 Å². The van der Waals surface area contributed by atoms with Gasteiger partial charge in [-0.25, -0.2) is 9.78 Å². The Hall–Kier alpha value is -1.48. The zero-order chi connectivity index (χ0) is 17.7. The molecule has 0 unspecified atom stereocenters. The molecule has 0 radical (unpaired) electrons. The zero-order valence-corrected chi connectivity index (χ0v) is 15.7. The molecule has 9 heteroatoms. The van der Waals surface area contributed by atoms with Crippen molar-refractivity contribution >= 4 is 44.9 Å². The Balaban J connectivity index is 2.57. The van der Waals surface area contributed by atoms with Gasteiger partial charge in [0.15, 0.2) is 0 Å². The molecule has 0 aromatic carbocycles. The lowest BCUT2D eigenvalue weighted by Gasteiger charge is -2.24. The van der Waals surface area contributed by atoms with Gasteiger partial charge in [0.05, 0.1) is 25.7 Å². The van der Waals surface area contributed by atoms with E-state index in [2.05, 4.69) is 9.97 Å². The number of fused-ring (bicyclic) bond motifs is 1. The van der Waals surface area contributed by atoms with Crippen molar-refractivity contribution < 1.29 is 19.0 Å². The Morgan fingerprint density at radius 1 is 1.17 bits per heavy atom. The van der Waals surface area contributed by atoms with Crippen molar-refractivity contribution in [2.75, 3.05) is 52.5 Å². The lowest BCUT2D eigenvalue weighted by atomic mass is 10.2. The van der Waals surface area contributed by atoms with Gasteiger partial charge in [0.1, 0.15) is 15.5 Å². The van der Waals surface area contributed by atoms with Crippen molar-refractivity contribution in [3.63, 3.8) is 0 Å². The van der Waals surface area contributed by atoms with Crippen LogP contribution in [0.5, 0.6) is 0 Å². The molecule has 2 aromatic rings. The molecule has 0 aliphatic heterocycles. The second-order valence-corrected chi connectivity index (χ2v) is 6.35. The Labute approximate surface area is 149 Å². The van der Waals surface area contributed by atoms with Crippen LogP contribution in [-0.2, 0) is 14.2 Å². The zero-order valence-electron chi connectivity index (χ0n) is 14.1. The first-order chi connectivity index (χ1) is 11.5. The van der Waals surface area contributed by atoms with Gasteiger partial charge in [0, 0.05) is 27.3 Å². The number of carbonyl (C=O) groups is 1. The molecule has 7 nitrogen and oxygen atoms in total. The highest BCUT2D eigenvalue weighted by Gasteiger charge is 2.23. The third-order valence-electron chi connectivity index (χ3n) is 3.54. The number of anilines is 1. The minimum Gasteiger partial charge on any atom is -0.465 e. The Morgan fingerprint density at radius 3 is 2.33 bits per heavy atom. The van der Waals surface area contributed by atoms with Gasteiger partial charge in [-0.2, -0.15) is 4.98 Å². The minimum absolute atomic E-state index is 0.134. The van der Waals surface area contributed by atoms with Crippen LogP contribution in [0.4, 0.5) is 5.82 Å². The van der Waals surface area contributed by atoms with Crippen molar-refractivity contribution in [3.8, 4) is 0 Å². The number of halogens is 1. The average Bonchev–Trinajstić information content (AvgIpc) is 2.90. The van der Waals surface area contributed by atoms with Gasteiger partial charge in [0.25, 0.3) is 0 Å². The largest absolute Gasteiger partial charge is 0.465 e. The van der Waals surface area contributed by atoms with Gasteiger partial charge in [0.2, 0.25) is 5.28 Å². The van der Waals surface area contributed by atoms with E-state index in [1.165, 1.54) is 18.4 Å². The molecular formula is C15H20ClN3O4S. The highest BCUT2D eigenvalue weighted by molar-refractivity contribution is 7.20. The maximum absolute atomic E-state index is 12.0. The molecular weight excluding hydrogens is 354 g/mol. The summed E-state index contributed by atoms with van der Waals surface area (Å²) in [6.07, 6.45) is 0. The first-order valence-corrected chi connectivity index (χ1v) is 8.50. The third kappa shape index (κ3) is 3.94. The van der Waals surface area contributed by atoms with Gasteiger partial charge in [-0.3, -0.25) is 0 Å². The van der Waals surface area contributed by atoms with E-state index in [-0.39, 0.29) is 5.28 Å². The molecule has 0 spiro atoms. The molecule has 24 heavy (non-hydrogen) atoms. The molecule has 0 aliphatic rings. The summed E-state index contributed by atoms with van der Waals surface area (Å²) in [5.41, 5.74) is 0.786. The number of aromatic nitrogens is 2. The average molecular weight is 374 g/mol. The predicted octanol–water partition coefficient (Wildman–Crippen LogP) is 2.54. The van der Waals surface area contributed by atoms with Crippen LogP contribution >= 0.6 is 22.9 Å². The molecule has 0 aliphatic carbocycles. The van der Waals surface area contributed by atoms with E-state index in [0.717, 1.165) is 10.9 Å². The highest BCUT2D eigenvalue weighted by Crippen LogP contribution is 2.36. The molecule has 2 rings (SSSR count). The smallest absolute Gasteiger partial charge is 0.348 e. The van der Waals surface area contributed by atoms with Crippen LogP contribution in [0.25, 0.3) is 10.2 Å². The van der Waals surface area contributed by atoms with Crippen LogP contribution in [0.1, 0.15) is 15.2 Å². The number of thiophene rings is 1. The molecule has 0 amide bonds. The molecule has 0 bridgehead atoms. The summed E-state index contributed by atoms with van der Waals surface area (Å²) in [5.74, 6) is 0.279. The summed E-state index contributed by atoms with van der Waals surface area (Å²) >= 11 is 7.34. The number of esters is 1. The first kappa shape index (κ1) is 18.9. The quantitative estimate of drug-likeness (QED) is 0.520. The monoisotopic (exact) mass is 373 g/mol. The van der Waals surface area contributed by atoms with Crippen LogP contribution in [0.2, 0.25) is 5.28 Å². The van der Waals surface area contributed by atoms with Crippen molar-refractivity contribution in [2.45, 2.75) is 6.92 Å². The van der Waals surface area contributed by atoms with Crippen molar-refractivity contribution in [1.29, 1.82) is 0 Å². The van der Waals surface area contributed by atoms with Gasteiger partial charge in [-0.05, 0) is 24.1 Å². The number of aryl methyl sites for hydroxylation is 1. The van der Waals surface area contributed by atoms with Gasteiger partial charge >= 0.3 is 5.97 Å². The number of carbonyl (C=O) groups excluding carboxylic acids is 1. The lowest BCUT2D eigenvalue weighted by Crippen LogP contribution is -2.31. The molecule has 0 saturated carbocycles. The maximum atomic E-state index is 12.0. The Kier molecular flexibility index (Phi) is 6.73. The number of ether oxygens (including phenoxy) is 3. The van der Waals surface area contributed by atoms with Gasteiger partial charge < -0.3 is 19.1 Å². The number of nitrogens with zero attached hydrogens (tertiary/aromatic N) is 3. The Bertz CT molecular complexity index is 714. The van der Waals surface area contributed by atoms with E-state index in [9.17, 15) is 4.79 Å². The first-order valence-electron chi connectivity index (χ1n) is 7.31. The SMILES string of the molecule is COCCN(CCOC)c1nc(Cl)nc2sc(C(=O)OC)c(C)c12. The third-order valence-corrected chi connectivity index (χ3v) is 4.88. The number of methoxy groups -OCH3 is 3. The fourth-order valence-electron chi connectivity index (χ4n) is 2.34. The summed E-state index contributed by atoms with van der Waals surface area (Å²) in [6.45, 7) is 4.15. The molecule has 0 saturated heterocycles. The van der Waals surface area contributed by atoms with Gasteiger partial charge in [-0.15, -0.1) is 11.3 Å². The van der Waals surface area contributed by atoms with Crippen LogP contribution in [-0.4, -0.2) is 63.6 Å². The second-order valence-electron chi connectivity index (χ2n) is 5.02. The molecule has 0 fully saturated rings. The molecule has 2 heterocycles. The maximum Gasteiger partial charge on any atom is 0.348 e. The summed E-state index contributed by atoms with van der Waals surface area (Å²) in [7, 11) is 4.64. The summed E-state index contributed by atoms with van der Waals surface area (Å²) < 4.78 is 15.2. The van der Waals surface area contributed by atoms with E-state index < -0.39 is 5.97 Å². The van der Waals surface area contributed by atoms with Crippen LogP contribution in [0.15, 0.2) is 0 Å². The molecule has 0 atom stereocenters. The van der Waals surface area contributed by atoms with E-state index in [0.29, 0.717) is 41.8 Å². The normalized spacial score (nSPS) is 11.0. The summed E-state index contributed by atoms with van der Waals surface area (Å²) in [5, 5.41) is 0.937. The van der Waals surface area contributed by atoms with E-state index in [4.69, 9.17) is 25.8 Å². The molecule has 132 valence electrons. The topological polar surface area (TPSA) is 73.8 Å². The standard InChI is InChI=1S/C15H20ClN3O4S/c1-9-10-12(19(5-7-21-2)6-8-22-3)17-15(16)18-13(10)24-11(9)14(20)23-4/h5-8H2,1-4H3. The van der Waals surface area contributed by atoms with Crippen LogP contribution in [0, 0.1) is 6.92 Å². The fourth-order valence-corrected chi connectivity index (χ4v) is 3.64. The number of rotatable bonds is 8. The van der Waals surface area contributed by atoms with E-state index in [1.54, 1.807) is 14.2 Å². The van der Waals surface area contributed by atoms with Crippen molar-refractivity contribution in [1.82, 2.24) is 9.97 Å². The molecule has 0 N–H and O–H groups in total. The highest BCUT2D eigenvalue weighted by atomic mass is 35.5. The summed E-state index contributed by atoms with van der Waals surface area (Å²) in [4.78, 5) is 23.8. The van der Waals surface area contributed by atoms with Crippen molar-refractivity contribution in [2.24, 2.45) is 0 Å². The van der Waals surface area contributed by atoms with E-state index in [1.807, 2.05) is 11.8 Å². The summed E-state index contributed by atoms with van der Waals surface area (Å²) in [6, 6.07) is 0.